The third-order valence-electron chi connectivity index (χ3n) is 6.13. The van der Waals surface area contributed by atoms with E-state index >= 15 is 0 Å². The molecule has 0 amide bonds. The number of hydrogen-bond acceptors (Lipinski definition) is 5. The maximum absolute atomic E-state index is 10.1. The molecule has 5 heteroatoms. The van der Waals surface area contributed by atoms with Crippen LogP contribution in [-0.4, -0.2) is 30.7 Å². The summed E-state index contributed by atoms with van der Waals surface area (Å²) in [5.41, 5.74) is 0.0215. The molecule has 1 N–H and O–H groups in total. The summed E-state index contributed by atoms with van der Waals surface area (Å²) in [6.45, 7) is 1.35. The molecule has 0 radical (unpaired) electrons. The molecular formula is C23H19N5. The Bertz CT molecular complexity index is 1100. The second kappa shape index (κ2) is 6.61. The molecule has 0 aromatic heterocycles. The van der Waals surface area contributed by atoms with Crippen LogP contribution >= 0.6 is 0 Å². The lowest BCUT2D eigenvalue weighted by Crippen LogP contribution is -2.52. The van der Waals surface area contributed by atoms with Gasteiger partial charge in [0.05, 0.1) is 23.9 Å². The molecule has 2 aliphatic rings. The standard InChI is InChI=1S/C23H19N5/c1-28-10-9-17-19(11-24)22(27)23(13-25,14-26)21(20(17)12-28)18-8-4-6-15-5-2-3-7-16(15)18/h2-9,19-21,27H,10,12H2,1H3. The first-order valence-corrected chi connectivity index (χ1v) is 9.24. The Morgan fingerprint density at radius 2 is 1.79 bits per heavy atom. The number of nitrogens with zero attached hydrogens (tertiary/aromatic N) is 4. The van der Waals surface area contributed by atoms with Gasteiger partial charge < -0.3 is 10.3 Å². The van der Waals surface area contributed by atoms with E-state index in [0.29, 0.717) is 13.1 Å². The van der Waals surface area contributed by atoms with Gasteiger partial charge in [0.1, 0.15) is 5.92 Å². The number of nitrogens with one attached hydrogen (secondary N) is 1. The zero-order chi connectivity index (χ0) is 19.9. The first-order chi connectivity index (χ1) is 13.6. The van der Waals surface area contributed by atoms with Crippen molar-refractivity contribution in [2.24, 2.45) is 17.3 Å². The van der Waals surface area contributed by atoms with Crippen molar-refractivity contribution < 1.29 is 0 Å². The lowest BCUT2D eigenvalue weighted by atomic mass is 9.54. The average molecular weight is 365 g/mol. The summed E-state index contributed by atoms with van der Waals surface area (Å²) in [6.07, 6.45) is 2.01. The summed E-state index contributed by atoms with van der Waals surface area (Å²) >= 11 is 0. The average Bonchev–Trinajstić information content (AvgIpc) is 2.73. The number of nitriles is 3. The van der Waals surface area contributed by atoms with E-state index in [-0.39, 0.29) is 11.6 Å². The van der Waals surface area contributed by atoms with E-state index in [0.717, 1.165) is 21.9 Å². The van der Waals surface area contributed by atoms with Crippen LogP contribution in [0.3, 0.4) is 0 Å². The molecule has 1 saturated carbocycles. The Labute approximate surface area is 164 Å². The van der Waals surface area contributed by atoms with Crippen LogP contribution in [0.1, 0.15) is 11.5 Å². The van der Waals surface area contributed by atoms with Gasteiger partial charge in [-0.05, 0) is 29.0 Å². The molecule has 0 bridgehead atoms. The van der Waals surface area contributed by atoms with Crippen molar-refractivity contribution in [3.8, 4) is 18.2 Å². The molecule has 2 aromatic carbocycles. The molecule has 3 atom stereocenters. The molecule has 1 aliphatic heterocycles. The number of likely N-dealkylation sites (N-methyl/N-ethyl adjacent to an activating group) is 1. The van der Waals surface area contributed by atoms with Crippen LogP contribution in [0, 0.1) is 56.7 Å². The van der Waals surface area contributed by atoms with E-state index in [1.165, 1.54) is 0 Å². The minimum Gasteiger partial charge on any atom is -0.305 e. The molecule has 3 unspecified atom stereocenters. The van der Waals surface area contributed by atoms with Gasteiger partial charge in [-0.1, -0.05) is 48.5 Å². The van der Waals surface area contributed by atoms with Gasteiger partial charge in [-0.25, -0.2) is 0 Å². The molecule has 0 saturated heterocycles. The van der Waals surface area contributed by atoms with Crippen molar-refractivity contribution in [2.45, 2.75) is 5.92 Å². The lowest BCUT2D eigenvalue weighted by molar-refractivity contribution is 0.236. The summed E-state index contributed by atoms with van der Waals surface area (Å²) < 4.78 is 0. The number of fused-ring (bicyclic) bond motifs is 2. The van der Waals surface area contributed by atoms with Gasteiger partial charge in [-0.2, -0.15) is 15.8 Å². The largest absolute Gasteiger partial charge is 0.305 e. The van der Waals surface area contributed by atoms with Gasteiger partial charge in [-0.15, -0.1) is 0 Å². The monoisotopic (exact) mass is 365 g/mol. The zero-order valence-corrected chi connectivity index (χ0v) is 15.6. The molecule has 2 aromatic rings. The van der Waals surface area contributed by atoms with E-state index in [1.54, 1.807) is 0 Å². The third-order valence-corrected chi connectivity index (χ3v) is 6.13. The van der Waals surface area contributed by atoms with Gasteiger partial charge in [-0.3, -0.25) is 0 Å². The Kier molecular flexibility index (Phi) is 4.23. The van der Waals surface area contributed by atoms with Crippen molar-refractivity contribution in [1.29, 1.82) is 21.2 Å². The first-order valence-electron chi connectivity index (χ1n) is 9.24. The van der Waals surface area contributed by atoms with Crippen molar-refractivity contribution in [1.82, 2.24) is 4.90 Å². The summed E-state index contributed by atoms with van der Waals surface area (Å²) in [7, 11) is 2.00. The fourth-order valence-corrected chi connectivity index (χ4v) is 4.82. The Morgan fingerprint density at radius 1 is 1.07 bits per heavy atom. The van der Waals surface area contributed by atoms with Gasteiger partial charge in [0.25, 0.3) is 0 Å². The molecule has 1 heterocycles. The second-order valence-corrected chi connectivity index (χ2v) is 7.59. The molecule has 0 spiro atoms. The smallest absolute Gasteiger partial charge is 0.189 e. The van der Waals surface area contributed by atoms with Crippen LogP contribution in [0.15, 0.2) is 54.1 Å². The van der Waals surface area contributed by atoms with E-state index in [4.69, 9.17) is 5.41 Å². The van der Waals surface area contributed by atoms with Crippen molar-refractivity contribution >= 4 is 16.5 Å². The zero-order valence-electron chi connectivity index (χ0n) is 15.6. The molecular weight excluding hydrogens is 346 g/mol. The number of benzene rings is 2. The molecule has 136 valence electrons. The van der Waals surface area contributed by atoms with Crippen molar-refractivity contribution in [2.75, 3.05) is 20.1 Å². The number of hydrogen-bond donors (Lipinski definition) is 1. The lowest BCUT2D eigenvalue weighted by Gasteiger charge is -2.47. The van der Waals surface area contributed by atoms with E-state index in [1.807, 2.05) is 55.6 Å². The molecule has 1 aliphatic carbocycles. The van der Waals surface area contributed by atoms with Crippen molar-refractivity contribution in [3.05, 3.63) is 59.7 Å². The van der Waals surface area contributed by atoms with Crippen LogP contribution in [0.4, 0.5) is 0 Å². The maximum atomic E-state index is 10.1. The van der Waals surface area contributed by atoms with Gasteiger partial charge >= 0.3 is 0 Å². The van der Waals surface area contributed by atoms with Gasteiger partial charge in [0.2, 0.25) is 0 Å². The number of rotatable bonds is 1. The quantitative estimate of drug-likeness (QED) is 0.780. The molecule has 28 heavy (non-hydrogen) atoms. The van der Waals surface area contributed by atoms with E-state index in [2.05, 4.69) is 23.1 Å². The predicted octanol–water partition coefficient (Wildman–Crippen LogP) is 3.62. The molecule has 1 fully saturated rings. The van der Waals surface area contributed by atoms with Crippen molar-refractivity contribution in [3.63, 3.8) is 0 Å². The summed E-state index contributed by atoms with van der Waals surface area (Å²) in [4.78, 5) is 2.13. The maximum Gasteiger partial charge on any atom is 0.189 e. The Balaban J connectivity index is 2.04. The van der Waals surface area contributed by atoms with Crippen LogP contribution in [0.2, 0.25) is 0 Å². The Hall–Kier alpha value is -3.46. The van der Waals surface area contributed by atoms with E-state index in [9.17, 15) is 15.8 Å². The second-order valence-electron chi connectivity index (χ2n) is 7.59. The highest BCUT2D eigenvalue weighted by molar-refractivity contribution is 6.01. The van der Waals surface area contributed by atoms with Crippen LogP contribution < -0.4 is 0 Å². The highest BCUT2D eigenvalue weighted by atomic mass is 15.1. The van der Waals surface area contributed by atoms with E-state index < -0.39 is 17.3 Å². The fraction of sp³-hybridized carbons (Fsp3) is 0.304. The SMILES string of the molecule is CN1CC=C2C(C#N)C(=N)C(C#N)(C#N)C(c3cccc4ccccc34)C2C1. The molecule has 5 nitrogen and oxygen atoms in total. The summed E-state index contributed by atoms with van der Waals surface area (Å²) in [5.74, 6) is -1.48. The van der Waals surface area contributed by atoms with Crippen LogP contribution in [0.25, 0.3) is 10.8 Å². The van der Waals surface area contributed by atoms with Crippen LogP contribution in [0.5, 0.6) is 0 Å². The highest BCUT2D eigenvalue weighted by Gasteiger charge is 2.57. The molecule has 4 rings (SSSR count). The Morgan fingerprint density at radius 3 is 2.50 bits per heavy atom. The van der Waals surface area contributed by atoms with Gasteiger partial charge in [0, 0.05) is 24.9 Å². The third kappa shape index (κ3) is 2.36. The topological polar surface area (TPSA) is 98.5 Å². The fourth-order valence-electron chi connectivity index (χ4n) is 4.82. The van der Waals surface area contributed by atoms with Crippen LogP contribution in [-0.2, 0) is 0 Å². The highest BCUT2D eigenvalue weighted by Crippen LogP contribution is 2.54. The summed E-state index contributed by atoms with van der Waals surface area (Å²) in [5, 5.41) is 40.7. The summed E-state index contributed by atoms with van der Waals surface area (Å²) in [6, 6.07) is 20.3. The van der Waals surface area contributed by atoms with Gasteiger partial charge in [0.15, 0.2) is 5.41 Å². The normalized spacial score (nSPS) is 26.4. The predicted molar refractivity (Wildman–Crippen MR) is 106 cm³/mol. The first kappa shape index (κ1) is 17.9. The minimum atomic E-state index is -1.66. The minimum absolute atomic E-state index is 0.0926.